The molecule has 1 saturated heterocycles. The summed E-state index contributed by atoms with van der Waals surface area (Å²) in [6.45, 7) is 7.25. The molecule has 31 heavy (non-hydrogen) atoms. The quantitative estimate of drug-likeness (QED) is 0.511. The number of carbonyl (C=O) groups excluding carboxylic acids is 3. The average Bonchev–Trinajstić information content (AvgIpc) is 2.93. The van der Waals surface area contributed by atoms with Gasteiger partial charge in [0.2, 0.25) is 5.91 Å². The first-order chi connectivity index (χ1) is 14.6. The highest BCUT2D eigenvalue weighted by Gasteiger charge is 2.53. The molecule has 1 heterocycles. The minimum Gasteiger partial charge on any atom is -0.491 e. The Kier molecular flexibility index (Phi) is 6.89. The highest BCUT2D eigenvalue weighted by Crippen LogP contribution is 2.43. The molecule has 0 radical (unpaired) electrons. The monoisotopic (exact) mass is 431 g/mol. The largest absolute Gasteiger partial charge is 0.491 e. The van der Waals surface area contributed by atoms with Gasteiger partial charge in [-0.1, -0.05) is 20.8 Å². The van der Waals surface area contributed by atoms with E-state index in [1.807, 2.05) is 0 Å². The third kappa shape index (κ3) is 5.36. The Morgan fingerprint density at radius 1 is 1.16 bits per heavy atom. The second-order valence-corrected chi connectivity index (χ2v) is 9.46. The lowest BCUT2D eigenvalue weighted by atomic mass is 9.67. The Hall–Kier alpha value is -2.61. The minimum atomic E-state index is -0.861. The maximum atomic E-state index is 13.0. The van der Waals surface area contributed by atoms with Crippen molar-refractivity contribution in [1.29, 1.82) is 0 Å². The zero-order valence-electron chi connectivity index (χ0n) is 18.8. The van der Waals surface area contributed by atoms with Crippen molar-refractivity contribution in [3.05, 3.63) is 24.3 Å². The molecule has 0 bridgehead atoms. The van der Waals surface area contributed by atoms with E-state index in [0.717, 1.165) is 17.7 Å². The van der Waals surface area contributed by atoms with Gasteiger partial charge in [-0.15, -0.1) is 0 Å². The molecule has 8 heteroatoms. The van der Waals surface area contributed by atoms with Crippen LogP contribution in [0.4, 0.5) is 10.5 Å². The number of hydrogen-bond acceptors (Lipinski definition) is 5. The first-order valence-electron chi connectivity index (χ1n) is 10.8. The van der Waals surface area contributed by atoms with Crippen LogP contribution < -0.4 is 15.4 Å². The summed E-state index contributed by atoms with van der Waals surface area (Å²) in [5.74, 6) is 0.470. The van der Waals surface area contributed by atoms with Gasteiger partial charge in [0.05, 0.1) is 6.61 Å². The number of nitrogens with zero attached hydrogens (tertiary/aromatic N) is 1. The SMILES string of the molecule is COCCOc1ccc(NC(=O)CN2C(=O)NC3(CCC(C(C)(C)C)CC3)C2=O)cc1. The summed E-state index contributed by atoms with van der Waals surface area (Å²) in [5, 5.41) is 5.60. The Balaban J connectivity index is 1.55. The molecule has 1 aromatic rings. The summed E-state index contributed by atoms with van der Waals surface area (Å²) in [4.78, 5) is 39.0. The fraction of sp³-hybridized carbons (Fsp3) is 0.609. The van der Waals surface area contributed by atoms with Crippen LogP contribution in [0.25, 0.3) is 0 Å². The lowest BCUT2D eigenvalue weighted by Crippen LogP contribution is -2.50. The second-order valence-electron chi connectivity index (χ2n) is 9.46. The van der Waals surface area contributed by atoms with Gasteiger partial charge < -0.3 is 20.1 Å². The van der Waals surface area contributed by atoms with Crippen LogP contribution in [0.2, 0.25) is 0 Å². The van der Waals surface area contributed by atoms with Gasteiger partial charge in [0.25, 0.3) is 5.91 Å². The van der Waals surface area contributed by atoms with Crippen molar-refractivity contribution < 1.29 is 23.9 Å². The van der Waals surface area contributed by atoms with Gasteiger partial charge in [0.15, 0.2) is 0 Å². The maximum Gasteiger partial charge on any atom is 0.325 e. The number of imide groups is 1. The number of rotatable bonds is 7. The summed E-state index contributed by atoms with van der Waals surface area (Å²) in [6, 6.07) is 6.40. The third-order valence-corrected chi connectivity index (χ3v) is 6.31. The number of ether oxygens (including phenoxy) is 2. The topological polar surface area (TPSA) is 97.0 Å². The van der Waals surface area contributed by atoms with E-state index in [-0.39, 0.29) is 17.9 Å². The predicted octanol–water partition coefficient (Wildman–Crippen LogP) is 3.18. The summed E-state index contributed by atoms with van der Waals surface area (Å²) >= 11 is 0. The Bertz CT molecular complexity index is 807. The van der Waals surface area contributed by atoms with Crippen LogP contribution in [0.15, 0.2) is 24.3 Å². The number of benzene rings is 1. The van der Waals surface area contributed by atoms with Crippen LogP contribution >= 0.6 is 0 Å². The van der Waals surface area contributed by atoms with Gasteiger partial charge in [0, 0.05) is 12.8 Å². The maximum absolute atomic E-state index is 13.0. The second kappa shape index (κ2) is 9.26. The molecule has 8 nitrogen and oxygen atoms in total. The van der Waals surface area contributed by atoms with Crippen LogP contribution in [-0.4, -0.2) is 55.2 Å². The van der Waals surface area contributed by atoms with Gasteiger partial charge in [-0.05, 0) is 61.3 Å². The minimum absolute atomic E-state index is 0.178. The first-order valence-corrected chi connectivity index (χ1v) is 10.8. The number of nitrogens with one attached hydrogen (secondary N) is 2. The van der Waals surface area contributed by atoms with Crippen LogP contribution in [-0.2, 0) is 14.3 Å². The molecule has 0 atom stereocenters. The van der Waals surface area contributed by atoms with Crippen LogP contribution in [0.3, 0.4) is 0 Å². The van der Waals surface area contributed by atoms with Crippen molar-refractivity contribution in [3.63, 3.8) is 0 Å². The molecular formula is C23H33N3O5. The van der Waals surface area contributed by atoms with Crippen molar-refractivity contribution in [3.8, 4) is 5.75 Å². The predicted molar refractivity (Wildman–Crippen MR) is 117 cm³/mol. The molecule has 1 aliphatic heterocycles. The van der Waals surface area contributed by atoms with Gasteiger partial charge >= 0.3 is 6.03 Å². The molecular weight excluding hydrogens is 398 g/mol. The molecule has 0 unspecified atom stereocenters. The van der Waals surface area contributed by atoms with Gasteiger partial charge in [-0.3, -0.25) is 14.5 Å². The number of amides is 4. The lowest BCUT2D eigenvalue weighted by molar-refractivity contribution is -0.135. The van der Waals surface area contributed by atoms with Crippen molar-refractivity contribution in [2.45, 2.75) is 52.0 Å². The molecule has 0 aromatic heterocycles. The van der Waals surface area contributed by atoms with E-state index in [0.29, 0.717) is 43.4 Å². The zero-order valence-corrected chi connectivity index (χ0v) is 18.8. The van der Waals surface area contributed by atoms with Gasteiger partial charge in [-0.2, -0.15) is 0 Å². The number of carbonyl (C=O) groups is 3. The Morgan fingerprint density at radius 2 is 1.81 bits per heavy atom. The molecule has 1 saturated carbocycles. The van der Waals surface area contributed by atoms with E-state index in [2.05, 4.69) is 31.4 Å². The Labute approximate surface area is 183 Å². The van der Waals surface area contributed by atoms with E-state index in [1.54, 1.807) is 31.4 Å². The van der Waals surface area contributed by atoms with Crippen molar-refractivity contribution >= 4 is 23.5 Å². The summed E-state index contributed by atoms with van der Waals surface area (Å²) in [7, 11) is 1.60. The normalized spacial score (nSPS) is 23.7. The molecule has 1 spiro atoms. The van der Waals surface area contributed by atoms with Gasteiger partial charge in [-0.25, -0.2) is 4.79 Å². The number of urea groups is 1. The Morgan fingerprint density at radius 3 is 2.39 bits per heavy atom. The van der Waals surface area contributed by atoms with Gasteiger partial charge in [0.1, 0.15) is 24.4 Å². The molecule has 2 aliphatic rings. The summed E-state index contributed by atoms with van der Waals surface area (Å²) in [5.41, 5.74) is -0.117. The molecule has 2 fully saturated rings. The molecule has 1 aliphatic carbocycles. The number of methoxy groups -OCH3 is 1. The molecule has 4 amide bonds. The standard InChI is InChI=1S/C23H33N3O5/c1-22(2,3)16-9-11-23(12-10-16)20(28)26(21(29)25-23)15-19(27)24-17-5-7-18(8-6-17)31-14-13-30-4/h5-8,16H,9-15H2,1-4H3,(H,24,27)(H,25,29). The van der Waals surface area contributed by atoms with E-state index >= 15 is 0 Å². The summed E-state index contributed by atoms with van der Waals surface area (Å²) < 4.78 is 10.4. The van der Waals surface area contributed by atoms with Crippen molar-refractivity contribution in [1.82, 2.24) is 10.2 Å². The fourth-order valence-corrected chi connectivity index (χ4v) is 4.36. The van der Waals surface area contributed by atoms with Crippen LogP contribution in [0.5, 0.6) is 5.75 Å². The molecule has 170 valence electrons. The number of hydrogen-bond donors (Lipinski definition) is 2. The van der Waals surface area contributed by atoms with Crippen molar-refractivity contribution in [2.24, 2.45) is 11.3 Å². The lowest BCUT2D eigenvalue weighted by Gasteiger charge is -2.40. The molecule has 3 rings (SSSR count). The third-order valence-electron chi connectivity index (χ3n) is 6.31. The van der Waals surface area contributed by atoms with Crippen LogP contribution in [0, 0.1) is 11.3 Å². The number of anilines is 1. The van der Waals surface area contributed by atoms with Crippen molar-refractivity contribution in [2.75, 3.05) is 32.2 Å². The van der Waals surface area contributed by atoms with E-state index in [1.165, 1.54) is 0 Å². The molecule has 1 aromatic carbocycles. The van der Waals surface area contributed by atoms with E-state index in [4.69, 9.17) is 9.47 Å². The van der Waals surface area contributed by atoms with Crippen LogP contribution in [0.1, 0.15) is 46.5 Å². The highest BCUT2D eigenvalue weighted by molar-refractivity contribution is 6.10. The average molecular weight is 432 g/mol. The zero-order chi connectivity index (χ0) is 22.6. The van der Waals surface area contributed by atoms with E-state index in [9.17, 15) is 14.4 Å². The fourth-order valence-electron chi connectivity index (χ4n) is 4.36. The first kappa shape index (κ1) is 23.1. The summed E-state index contributed by atoms with van der Waals surface area (Å²) in [6.07, 6.45) is 2.99. The highest BCUT2D eigenvalue weighted by atomic mass is 16.5. The molecule has 2 N–H and O–H groups in total. The smallest absolute Gasteiger partial charge is 0.325 e. The van der Waals surface area contributed by atoms with E-state index < -0.39 is 17.5 Å².